The molecular weight excluding hydrogens is 362 g/mol. The van der Waals surface area contributed by atoms with Crippen molar-refractivity contribution in [2.75, 3.05) is 19.6 Å². The lowest BCUT2D eigenvalue weighted by atomic mass is 10.0. The number of ether oxygens (including phenoxy) is 1. The van der Waals surface area contributed by atoms with Crippen LogP contribution in [0.1, 0.15) is 25.5 Å². The van der Waals surface area contributed by atoms with Gasteiger partial charge in [-0.05, 0) is 54.6 Å². The van der Waals surface area contributed by atoms with E-state index in [-0.39, 0.29) is 12.1 Å². The smallest absolute Gasteiger partial charge is 0.317 e. The molecule has 0 atom stereocenters. The van der Waals surface area contributed by atoms with Gasteiger partial charge in [0.25, 0.3) is 0 Å². The van der Waals surface area contributed by atoms with Crippen LogP contribution in [0.15, 0.2) is 54.7 Å². The molecule has 1 aromatic heterocycles. The van der Waals surface area contributed by atoms with Crippen molar-refractivity contribution in [3.63, 3.8) is 0 Å². The summed E-state index contributed by atoms with van der Waals surface area (Å²) in [5, 5.41) is 5.25. The quantitative estimate of drug-likeness (QED) is 0.698. The van der Waals surface area contributed by atoms with Crippen molar-refractivity contribution in [3.8, 4) is 16.9 Å². The van der Waals surface area contributed by atoms with Crippen LogP contribution in [0.3, 0.4) is 0 Å². The van der Waals surface area contributed by atoms with Crippen LogP contribution in [0.25, 0.3) is 21.9 Å². The lowest BCUT2D eigenvalue weighted by Crippen LogP contribution is -2.46. The highest BCUT2D eigenvalue weighted by atomic mass is 16.5. The molecule has 4 rings (SSSR count). The standard InChI is InChI=1S/C24H27N3O2/c1-3-25-24(28)27-14-11-22(12-15-27)29-21-7-4-18(5-8-21)19-6-9-23-17(2)26-13-10-20(23)16-19/h4-10,13,16,22H,3,11-12,14-15H2,1-2H3,(H,25,28). The summed E-state index contributed by atoms with van der Waals surface area (Å²) in [5.74, 6) is 0.881. The van der Waals surface area contributed by atoms with Crippen molar-refractivity contribution in [2.45, 2.75) is 32.8 Å². The number of hydrogen-bond donors (Lipinski definition) is 1. The molecule has 5 nitrogen and oxygen atoms in total. The molecule has 0 radical (unpaired) electrons. The number of aryl methyl sites for hydroxylation is 1. The fourth-order valence-electron chi connectivity index (χ4n) is 3.87. The van der Waals surface area contributed by atoms with Crippen LogP contribution in [-0.4, -0.2) is 41.7 Å². The van der Waals surface area contributed by atoms with Crippen molar-refractivity contribution in [2.24, 2.45) is 0 Å². The molecule has 0 aliphatic carbocycles. The Labute approximate surface area is 171 Å². The number of fused-ring (bicyclic) bond motifs is 1. The van der Waals surface area contributed by atoms with E-state index in [2.05, 4.69) is 46.7 Å². The van der Waals surface area contributed by atoms with E-state index in [9.17, 15) is 4.79 Å². The van der Waals surface area contributed by atoms with Gasteiger partial charge in [-0.15, -0.1) is 0 Å². The third-order valence-electron chi connectivity index (χ3n) is 5.51. The number of carbonyl (C=O) groups is 1. The van der Waals surface area contributed by atoms with Gasteiger partial charge in [0.05, 0.1) is 0 Å². The molecule has 1 saturated heterocycles. The zero-order valence-electron chi connectivity index (χ0n) is 17.0. The summed E-state index contributed by atoms with van der Waals surface area (Å²) in [5.41, 5.74) is 3.40. The number of nitrogens with one attached hydrogen (secondary N) is 1. The Balaban J connectivity index is 1.39. The van der Waals surface area contributed by atoms with Crippen LogP contribution in [0, 0.1) is 6.92 Å². The second-order valence-electron chi connectivity index (χ2n) is 7.50. The van der Waals surface area contributed by atoms with Gasteiger partial charge in [0, 0.05) is 49.8 Å². The zero-order valence-corrected chi connectivity index (χ0v) is 17.0. The van der Waals surface area contributed by atoms with Crippen LogP contribution in [0.5, 0.6) is 5.75 Å². The minimum absolute atomic E-state index is 0.0247. The number of carbonyl (C=O) groups excluding carboxylic acids is 1. The lowest BCUT2D eigenvalue weighted by molar-refractivity contribution is 0.111. The first-order valence-corrected chi connectivity index (χ1v) is 10.3. The molecule has 0 saturated carbocycles. The Hall–Kier alpha value is -3.08. The maximum absolute atomic E-state index is 11.9. The predicted molar refractivity (Wildman–Crippen MR) is 116 cm³/mol. The number of pyridine rings is 1. The van der Waals surface area contributed by atoms with Crippen molar-refractivity contribution in [1.29, 1.82) is 0 Å². The highest BCUT2D eigenvalue weighted by Crippen LogP contribution is 2.28. The maximum atomic E-state index is 11.9. The highest BCUT2D eigenvalue weighted by molar-refractivity contribution is 5.88. The summed E-state index contributed by atoms with van der Waals surface area (Å²) in [6.45, 7) is 6.11. The van der Waals surface area contributed by atoms with Crippen LogP contribution < -0.4 is 10.1 Å². The summed E-state index contributed by atoms with van der Waals surface area (Å²) in [7, 11) is 0. The Morgan fingerprint density at radius 2 is 1.83 bits per heavy atom. The van der Waals surface area contributed by atoms with E-state index in [4.69, 9.17) is 4.74 Å². The van der Waals surface area contributed by atoms with E-state index in [0.717, 1.165) is 37.4 Å². The summed E-state index contributed by atoms with van der Waals surface area (Å²) < 4.78 is 6.15. The summed E-state index contributed by atoms with van der Waals surface area (Å²) in [6, 6.07) is 16.8. The van der Waals surface area contributed by atoms with Gasteiger partial charge in [-0.25, -0.2) is 4.79 Å². The van der Waals surface area contributed by atoms with Crippen molar-refractivity contribution < 1.29 is 9.53 Å². The van der Waals surface area contributed by atoms with Gasteiger partial charge in [0.15, 0.2) is 0 Å². The number of piperidine rings is 1. The number of aromatic nitrogens is 1. The van der Waals surface area contributed by atoms with Gasteiger partial charge >= 0.3 is 6.03 Å². The third kappa shape index (κ3) is 4.34. The molecule has 150 valence electrons. The average Bonchev–Trinajstić information content (AvgIpc) is 2.75. The van der Waals surface area contributed by atoms with E-state index in [0.29, 0.717) is 6.54 Å². The molecule has 1 aliphatic heterocycles. The van der Waals surface area contributed by atoms with E-state index >= 15 is 0 Å². The molecule has 3 aromatic rings. The largest absolute Gasteiger partial charge is 0.490 e. The third-order valence-corrected chi connectivity index (χ3v) is 5.51. The van der Waals surface area contributed by atoms with E-state index in [1.807, 2.05) is 37.1 Å². The van der Waals surface area contributed by atoms with Crippen LogP contribution >= 0.6 is 0 Å². The number of urea groups is 1. The number of hydrogen-bond acceptors (Lipinski definition) is 3. The number of likely N-dealkylation sites (tertiary alicyclic amines) is 1. The maximum Gasteiger partial charge on any atom is 0.317 e. The molecule has 2 amide bonds. The number of amides is 2. The second-order valence-corrected chi connectivity index (χ2v) is 7.50. The van der Waals surface area contributed by atoms with Crippen molar-refractivity contribution in [3.05, 3.63) is 60.4 Å². The van der Waals surface area contributed by atoms with Crippen molar-refractivity contribution in [1.82, 2.24) is 15.2 Å². The lowest BCUT2D eigenvalue weighted by Gasteiger charge is -2.32. The molecule has 5 heteroatoms. The monoisotopic (exact) mass is 389 g/mol. The van der Waals surface area contributed by atoms with Gasteiger partial charge in [0.2, 0.25) is 0 Å². The van der Waals surface area contributed by atoms with Crippen LogP contribution in [0.4, 0.5) is 4.79 Å². The second kappa shape index (κ2) is 8.52. The molecule has 0 bridgehead atoms. The van der Waals surface area contributed by atoms with Gasteiger partial charge in [0.1, 0.15) is 11.9 Å². The first-order chi connectivity index (χ1) is 14.1. The molecule has 1 fully saturated rings. The number of nitrogens with zero attached hydrogens (tertiary/aromatic N) is 2. The van der Waals surface area contributed by atoms with Crippen molar-refractivity contribution >= 4 is 16.8 Å². The normalized spacial score (nSPS) is 14.8. The van der Waals surface area contributed by atoms with Gasteiger partial charge < -0.3 is 15.0 Å². The topological polar surface area (TPSA) is 54.5 Å². The Kier molecular flexibility index (Phi) is 5.65. The van der Waals surface area contributed by atoms with Gasteiger partial charge in [-0.3, -0.25) is 4.98 Å². The Morgan fingerprint density at radius 3 is 2.55 bits per heavy atom. The fourth-order valence-corrected chi connectivity index (χ4v) is 3.87. The fraction of sp³-hybridized carbons (Fsp3) is 0.333. The first-order valence-electron chi connectivity index (χ1n) is 10.3. The molecule has 2 aromatic carbocycles. The summed E-state index contributed by atoms with van der Waals surface area (Å²) >= 11 is 0. The van der Waals surface area contributed by atoms with E-state index in [1.165, 1.54) is 21.9 Å². The zero-order chi connectivity index (χ0) is 20.2. The number of benzene rings is 2. The predicted octanol–water partition coefficient (Wildman–Crippen LogP) is 4.78. The van der Waals surface area contributed by atoms with Crippen LogP contribution in [-0.2, 0) is 0 Å². The minimum atomic E-state index is 0.0247. The molecule has 0 unspecified atom stereocenters. The molecule has 1 N–H and O–H groups in total. The van der Waals surface area contributed by atoms with E-state index < -0.39 is 0 Å². The Bertz CT molecular complexity index is 993. The van der Waals surface area contributed by atoms with Crippen LogP contribution in [0.2, 0.25) is 0 Å². The Morgan fingerprint density at radius 1 is 1.10 bits per heavy atom. The average molecular weight is 389 g/mol. The SMILES string of the molecule is CCNC(=O)N1CCC(Oc2ccc(-c3ccc4c(C)nccc4c3)cc2)CC1. The molecule has 29 heavy (non-hydrogen) atoms. The van der Waals surface area contributed by atoms with Gasteiger partial charge in [-0.2, -0.15) is 0 Å². The first kappa shape index (κ1) is 19.2. The van der Waals surface area contributed by atoms with E-state index in [1.54, 1.807) is 0 Å². The summed E-state index contributed by atoms with van der Waals surface area (Å²) in [6.07, 6.45) is 3.73. The molecule has 1 aliphatic rings. The van der Waals surface area contributed by atoms with Gasteiger partial charge in [-0.1, -0.05) is 24.3 Å². The minimum Gasteiger partial charge on any atom is -0.490 e. The molecular formula is C24H27N3O2. The molecule has 2 heterocycles. The summed E-state index contributed by atoms with van der Waals surface area (Å²) in [4.78, 5) is 18.1. The molecule has 0 spiro atoms. The highest BCUT2D eigenvalue weighted by Gasteiger charge is 2.23. The number of rotatable bonds is 4.